The van der Waals surface area contributed by atoms with E-state index in [1.54, 1.807) is 0 Å². The average Bonchev–Trinajstić information content (AvgIpc) is 2.89. The van der Waals surface area contributed by atoms with Crippen molar-refractivity contribution >= 4 is 5.91 Å². The van der Waals surface area contributed by atoms with E-state index in [9.17, 15) is 4.79 Å². The van der Waals surface area contributed by atoms with Gasteiger partial charge in [0.1, 0.15) is 0 Å². The van der Waals surface area contributed by atoms with Crippen LogP contribution >= 0.6 is 0 Å². The van der Waals surface area contributed by atoms with Crippen molar-refractivity contribution in [1.82, 2.24) is 10.2 Å². The second kappa shape index (κ2) is 7.25. The number of carbonyl (C=O) groups excluding carboxylic acids is 1. The van der Waals surface area contributed by atoms with Gasteiger partial charge in [-0.25, -0.2) is 0 Å². The molecule has 2 aliphatic rings. The molecule has 0 aromatic rings. The first-order valence-corrected chi connectivity index (χ1v) is 7.73. The Balaban J connectivity index is 1.59. The van der Waals surface area contributed by atoms with Crippen LogP contribution in [-0.4, -0.2) is 49.7 Å². The highest BCUT2D eigenvalue weighted by molar-refractivity contribution is 5.76. The minimum Gasteiger partial charge on any atom is -0.381 e. The zero-order valence-electron chi connectivity index (χ0n) is 12.4. The number of ether oxygens (including phenoxy) is 1. The Kier molecular flexibility index (Phi) is 5.64. The molecule has 19 heavy (non-hydrogen) atoms. The number of piperidine rings is 1. The summed E-state index contributed by atoms with van der Waals surface area (Å²) in [6.45, 7) is 9.31. The largest absolute Gasteiger partial charge is 0.381 e. The van der Waals surface area contributed by atoms with E-state index in [4.69, 9.17) is 4.74 Å². The second-order valence-corrected chi connectivity index (χ2v) is 6.31. The zero-order valence-corrected chi connectivity index (χ0v) is 12.4. The Bertz CT molecular complexity index is 280. The third-order valence-corrected chi connectivity index (χ3v) is 4.47. The predicted octanol–water partition coefficient (Wildman–Crippen LogP) is 1.65. The maximum Gasteiger partial charge on any atom is 0.220 e. The summed E-state index contributed by atoms with van der Waals surface area (Å²) in [7, 11) is 0. The van der Waals surface area contributed by atoms with Crippen LogP contribution in [0.1, 0.15) is 39.5 Å². The van der Waals surface area contributed by atoms with Crippen LogP contribution in [0.4, 0.5) is 0 Å². The van der Waals surface area contributed by atoms with Crippen LogP contribution in [0.2, 0.25) is 0 Å². The summed E-state index contributed by atoms with van der Waals surface area (Å²) in [6, 6.07) is 0.651. The van der Waals surface area contributed by atoms with Gasteiger partial charge in [-0.1, -0.05) is 0 Å². The Hall–Kier alpha value is -0.610. The van der Waals surface area contributed by atoms with E-state index in [0.717, 1.165) is 26.2 Å². The number of nitrogens with zero attached hydrogens (tertiary/aromatic N) is 1. The molecule has 2 aliphatic heterocycles. The number of hydrogen-bond acceptors (Lipinski definition) is 3. The molecular formula is C15H28N2O2. The van der Waals surface area contributed by atoms with Gasteiger partial charge in [0.2, 0.25) is 5.91 Å². The first-order chi connectivity index (χ1) is 9.15. The fraction of sp³-hybridized carbons (Fsp3) is 0.933. The molecule has 2 fully saturated rings. The molecule has 0 aliphatic carbocycles. The maximum absolute atomic E-state index is 11.8. The van der Waals surface area contributed by atoms with Crippen LogP contribution in [-0.2, 0) is 9.53 Å². The molecule has 110 valence electrons. The summed E-state index contributed by atoms with van der Waals surface area (Å²) in [4.78, 5) is 14.4. The van der Waals surface area contributed by atoms with E-state index in [1.807, 2.05) is 0 Å². The van der Waals surface area contributed by atoms with Gasteiger partial charge in [-0.15, -0.1) is 0 Å². The summed E-state index contributed by atoms with van der Waals surface area (Å²) in [5, 5.41) is 3.11. The van der Waals surface area contributed by atoms with Crippen molar-refractivity contribution in [2.75, 3.05) is 32.8 Å². The monoisotopic (exact) mass is 268 g/mol. The van der Waals surface area contributed by atoms with Gasteiger partial charge in [-0.05, 0) is 58.0 Å². The van der Waals surface area contributed by atoms with E-state index in [-0.39, 0.29) is 5.91 Å². The highest BCUT2D eigenvalue weighted by Gasteiger charge is 2.22. The van der Waals surface area contributed by atoms with Gasteiger partial charge in [0.25, 0.3) is 0 Å². The number of hydrogen-bond donors (Lipinski definition) is 1. The zero-order chi connectivity index (χ0) is 13.7. The average molecular weight is 268 g/mol. The van der Waals surface area contributed by atoms with Crippen LogP contribution < -0.4 is 5.32 Å². The van der Waals surface area contributed by atoms with Gasteiger partial charge in [0, 0.05) is 32.2 Å². The Labute approximate surface area is 116 Å². The molecule has 2 rings (SSSR count). The van der Waals surface area contributed by atoms with Crippen LogP contribution in [0.5, 0.6) is 0 Å². The molecule has 2 heterocycles. The lowest BCUT2D eigenvalue weighted by Crippen LogP contribution is -2.41. The van der Waals surface area contributed by atoms with Crippen LogP contribution in [0, 0.1) is 11.8 Å². The summed E-state index contributed by atoms with van der Waals surface area (Å²) in [5.74, 6) is 1.32. The number of rotatable bonds is 5. The van der Waals surface area contributed by atoms with Crippen LogP contribution in [0.3, 0.4) is 0 Å². The highest BCUT2D eigenvalue weighted by Crippen LogP contribution is 2.19. The van der Waals surface area contributed by atoms with Gasteiger partial charge >= 0.3 is 0 Å². The summed E-state index contributed by atoms with van der Waals surface area (Å²) >= 11 is 0. The standard InChI is InChI=1S/C15H28N2O2/c1-12(2)17-6-3-13(4-7-17)10-16-15(18)9-14-5-8-19-11-14/h12-14H,3-11H2,1-2H3,(H,16,18). The Morgan fingerprint density at radius 3 is 2.58 bits per heavy atom. The second-order valence-electron chi connectivity index (χ2n) is 6.31. The Morgan fingerprint density at radius 1 is 1.26 bits per heavy atom. The van der Waals surface area contributed by atoms with Crippen molar-refractivity contribution in [3.63, 3.8) is 0 Å². The number of amides is 1. The first-order valence-electron chi connectivity index (χ1n) is 7.73. The molecule has 4 heteroatoms. The molecule has 4 nitrogen and oxygen atoms in total. The van der Waals surface area contributed by atoms with Gasteiger partial charge in [-0.2, -0.15) is 0 Å². The SMILES string of the molecule is CC(C)N1CCC(CNC(=O)CC2CCOC2)CC1. The molecule has 0 saturated carbocycles. The van der Waals surface area contributed by atoms with Gasteiger partial charge in [0.05, 0.1) is 0 Å². The summed E-state index contributed by atoms with van der Waals surface area (Å²) in [6.07, 6.45) is 4.11. The molecule has 0 aromatic carbocycles. The van der Waals surface area contributed by atoms with Crippen molar-refractivity contribution < 1.29 is 9.53 Å². The molecule has 2 saturated heterocycles. The Morgan fingerprint density at radius 2 is 2.00 bits per heavy atom. The highest BCUT2D eigenvalue weighted by atomic mass is 16.5. The topological polar surface area (TPSA) is 41.6 Å². The van der Waals surface area contributed by atoms with Crippen LogP contribution in [0.15, 0.2) is 0 Å². The minimum atomic E-state index is 0.210. The molecule has 0 radical (unpaired) electrons. The molecule has 1 N–H and O–H groups in total. The smallest absolute Gasteiger partial charge is 0.220 e. The number of carbonyl (C=O) groups is 1. The predicted molar refractivity (Wildman–Crippen MR) is 76.0 cm³/mol. The molecule has 0 aromatic heterocycles. The van der Waals surface area contributed by atoms with Crippen molar-refractivity contribution in [2.45, 2.75) is 45.6 Å². The molecular weight excluding hydrogens is 240 g/mol. The number of nitrogens with one attached hydrogen (secondary N) is 1. The fourth-order valence-corrected chi connectivity index (χ4v) is 3.01. The summed E-state index contributed by atoms with van der Waals surface area (Å²) in [5.41, 5.74) is 0. The molecule has 0 spiro atoms. The van der Waals surface area contributed by atoms with Crippen molar-refractivity contribution in [2.24, 2.45) is 11.8 Å². The minimum absolute atomic E-state index is 0.210. The van der Waals surface area contributed by atoms with Crippen molar-refractivity contribution in [1.29, 1.82) is 0 Å². The van der Waals surface area contributed by atoms with E-state index in [1.165, 1.54) is 25.9 Å². The third kappa shape index (κ3) is 4.77. The van der Waals surface area contributed by atoms with Crippen LogP contribution in [0.25, 0.3) is 0 Å². The van der Waals surface area contributed by atoms with Gasteiger partial charge in [-0.3, -0.25) is 4.79 Å². The van der Waals surface area contributed by atoms with Gasteiger partial charge < -0.3 is 15.0 Å². The first kappa shape index (κ1) is 14.8. The van der Waals surface area contributed by atoms with E-state index < -0.39 is 0 Å². The van der Waals surface area contributed by atoms with E-state index in [2.05, 4.69) is 24.1 Å². The van der Waals surface area contributed by atoms with E-state index >= 15 is 0 Å². The molecule has 1 amide bonds. The quantitative estimate of drug-likeness (QED) is 0.824. The molecule has 0 bridgehead atoms. The maximum atomic E-state index is 11.8. The van der Waals surface area contributed by atoms with Crippen molar-refractivity contribution in [3.05, 3.63) is 0 Å². The lowest BCUT2D eigenvalue weighted by atomic mass is 9.95. The third-order valence-electron chi connectivity index (χ3n) is 4.47. The fourth-order valence-electron chi connectivity index (χ4n) is 3.01. The van der Waals surface area contributed by atoms with E-state index in [0.29, 0.717) is 24.3 Å². The normalized spacial score (nSPS) is 25.9. The van der Waals surface area contributed by atoms with Gasteiger partial charge in [0.15, 0.2) is 0 Å². The molecule has 1 unspecified atom stereocenters. The lowest BCUT2D eigenvalue weighted by molar-refractivity contribution is -0.122. The number of likely N-dealkylation sites (tertiary alicyclic amines) is 1. The lowest BCUT2D eigenvalue weighted by Gasteiger charge is -2.34. The van der Waals surface area contributed by atoms with Crippen molar-refractivity contribution in [3.8, 4) is 0 Å². The molecule has 1 atom stereocenters. The summed E-state index contributed by atoms with van der Waals surface area (Å²) < 4.78 is 5.30.